The minimum absolute atomic E-state index is 0.276. The number of hydrogen-bond donors (Lipinski definition) is 0. The minimum atomic E-state index is -1.12. The van der Waals surface area contributed by atoms with Crippen molar-refractivity contribution in [2.45, 2.75) is 29.6 Å². The Kier molecular flexibility index (Phi) is 3.96. The minimum Gasteiger partial charge on any atom is -0.488 e. The van der Waals surface area contributed by atoms with Crippen molar-refractivity contribution in [3.8, 4) is 5.75 Å². The molecule has 0 fully saturated rings. The first-order valence-electron chi connectivity index (χ1n) is 4.55. The molecule has 1 aromatic carbocycles. The van der Waals surface area contributed by atoms with Gasteiger partial charge in [-0.2, -0.15) is 0 Å². The smallest absolute Gasteiger partial charge is 0.200 e. The first kappa shape index (κ1) is 13.1. The Morgan fingerprint density at radius 1 is 1.13 bits per heavy atom. The maximum absolute atomic E-state index is 5.99. The second kappa shape index (κ2) is 4.52. The average Bonchev–Trinajstić information content (AvgIpc) is 1.99. The second-order valence-electron chi connectivity index (χ2n) is 4.21. The summed E-state index contributed by atoms with van der Waals surface area (Å²) in [5.41, 5.74) is 0.436. The van der Waals surface area contributed by atoms with E-state index in [1.54, 1.807) is 0 Å². The summed E-state index contributed by atoms with van der Waals surface area (Å²) in [6, 6.07) is 7.43. The van der Waals surface area contributed by atoms with Gasteiger partial charge in [0.1, 0.15) is 11.4 Å². The van der Waals surface area contributed by atoms with Gasteiger partial charge in [-0.1, -0.05) is 41.4 Å². The van der Waals surface area contributed by atoms with Crippen molar-refractivity contribution < 1.29 is 4.74 Å². The number of hydrogen-bond acceptors (Lipinski definition) is 1. The summed E-state index contributed by atoms with van der Waals surface area (Å²) in [4.78, 5) is 0. The van der Waals surface area contributed by atoms with Gasteiger partial charge in [-0.25, -0.2) is 0 Å². The summed E-state index contributed by atoms with van der Waals surface area (Å²) in [6.07, 6.45) is 0. The van der Waals surface area contributed by atoms with Crippen molar-refractivity contribution in [2.75, 3.05) is 0 Å². The highest BCUT2D eigenvalue weighted by molar-refractivity contribution is 9.10. The van der Waals surface area contributed by atoms with Crippen LogP contribution in [-0.2, 0) is 3.24 Å². The molecule has 0 atom stereocenters. The molecule has 0 N–H and O–H groups in total. The molecule has 1 rings (SSSR count). The molecular weight excluding hydrogens is 299 g/mol. The standard InChI is InChI=1S/C11H13BrCl2O/c1-10(2,3)15-9-7-5-4-6-8(9)11(12,13)14/h4-7H,1-3H3. The van der Waals surface area contributed by atoms with E-state index in [4.69, 9.17) is 27.9 Å². The lowest BCUT2D eigenvalue weighted by Crippen LogP contribution is -2.24. The third kappa shape index (κ3) is 4.21. The molecular formula is C11H13BrCl2O. The van der Waals surface area contributed by atoms with Crippen molar-refractivity contribution >= 4 is 39.1 Å². The monoisotopic (exact) mass is 310 g/mol. The molecule has 1 nitrogen and oxygen atoms in total. The molecule has 0 radical (unpaired) electrons. The van der Waals surface area contributed by atoms with Crippen LogP contribution >= 0.6 is 39.1 Å². The zero-order chi connectivity index (χ0) is 11.7. The molecule has 0 heterocycles. The van der Waals surface area contributed by atoms with Crippen LogP contribution in [0, 0.1) is 0 Å². The lowest BCUT2D eigenvalue weighted by atomic mass is 10.1. The molecule has 0 saturated heterocycles. The largest absolute Gasteiger partial charge is 0.488 e. The van der Waals surface area contributed by atoms with Crippen molar-refractivity contribution in [1.29, 1.82) is 0 Å². The van der Waals surface area contributed by atoms with Gasteiger partial charge in [-0.05, 0) is 42.8 Å². The number of para-hydroxylation sites is 1. The van der Waals surface area contributed by atoms with Gasteiger partial charge in [-0.3, -0.25) is 0 Å². The highest BCUT2D eigenvalue weighted by Crippen LogP contribution is 2.45. The van der Waals surface area contributed by atoms with Gasteiger partial charge in [0, 0.05) is 5.56 Å². The molecule has 0 bridgehead atoms. The fourth-order valence-electron chi connectivity index (χ4n) is 1.12. The predicted molar refractivity (Wildman–Crippen MR) is 69.1 cm³/mol. The molecule has 0 aliphatic carbocycles. The number of rotatable bonds is 2. The Labute approximate surface area is 109 Å². The van der Waals surface area contributed by atoms with Gasteiger partial charge >= 0.3 is 0 Å². The van der Waals surface area contributed by atoms with Crippen molar-refractivity contribution in [1.82, 2.24) is 0 Å². The van der Waals surface area contributed by atoms with Crippen molar-refractivity contribution in [3.63, 3.8) is 0 Å². The molecule has 15 heavy (non-hydrogen) atoms. The van der Waals surface area contributed by atoms with Crippen molar-refractivity contribution in [3.05, 3.63) is 29.8 Å². The third-order valence-corrected chi connectivity index (χ3v) is 2.44. The lowest BCUT2D eigenvalue weighted by molar-refractivity contribution is 0.129. The molecule has 0 saturated carbocycles. The van der Waals surface area contributed by atoms with E-state index < -0.39 is 3.24 Å². The van der Waals surface area contributed by atoms with Gasteiger partial charge in [0.25, 0.3) is 0 Å². The van der Waals surface area contributed by atoms with E-state index in [1.165, 1.54) is 0 Å². The van der Waals surface area contributed by atoms with Crippen LogP contribution in [0.2, 0.25) is 0 Å². The van der Waals surface area contributed by atoms with E-state index in [1.807, 2.05) is 45.0 Å². The van der Waals surface area contributed by atoms with Gasteiger partial charge in [0.05, 0.1) is 0 Å². The summed E-state index contributed by atoms with van der Waals surface area (Å²) >= 11 is 15.2. The molecule has 1 aromatic rings. The maximum atomic E-state index is 5.99. The Morgan fingerprint density at radius 3 is 2.13 bits per heavy atom. The van der Waals surface area contributed by atoms with Crippen LogP contribution in [0.1, 0.15) is 26.3 Å². The number of alkyl halides is 3. The Bertz CT molecular complexity index is 339. The fraction of sp³-hybridized carbons (Fsp3) is 0.455. The predicted octanol–water partition coefficient (Wildman–Crippen LogP) is 4.85. The summed E-state index contributed by atoms with van der Waals surface area (Å²) in [5.74, 6) is 0.687. The van der Waals surface area contributed by atoms with E-state index in [2.05, 4.69) is 15.9 Å². The van der Waals surface area contributed by atoms with Gasteiger partial charge in [0.15, 0.2) is 0 Å². The maximum Gasteiger partial charge on any atom is 0.200 e. The summed E-state index contributed by atoms with van der Waals surface area (Å²) in [5, 5.41) is 0. The molecule has 0 aliphatic rings. The quantitative estimate of drug-likeness (QED) is 0.710. The number of halogens is 3. The lowest BCUT2D eigenvalue weighted by Gasteiger charge is -2.25. The summed E-state index contributed by atoms with van der Waals surface area (Å²) in [7, 11) is 0. The molecule has 0 aromatic heterocycles. The summed E-state index contributed by atoms with van der Waals surface area (Å²) < 4.78 is 4.64. The normalized spacial score (nSPS) is 12.7. The van der Waals surface area contributed by atoms with Gasteiger partial charge in [0.2, 0.25) is 3.24 Å². The highest BCUT2D eigenvalue weighted by atomic mass is 79.9. The topological polar surface area (TPSA) is 9.23 Å². The molecule has 84 valence electrons. The molecule has 4 heteroatoms. The fourth-order valence-corrected chi connectivity index (χ4v) is 1.76. The van der Waals surface area contributed by atoms with E-state index in [-0.39, 0.29) is 5.60 Å². The van der Waals surface area contributed by atoms with E-state index in [0.29, 0.717) is 11.3 Å². The average molecular weight is 312 g/mol. The van der Waals surface area contributed by atoms with Crippen molar-refractivity contribution in [2.24, 2.45) is 0 Å². The van der Waals surface area contributed by atoms with E-state index in [9.17, 15) is 0 Å². The van der Waals surface area contributed by atoms with Crippen LogP contribution in [0.5, 0.6) is 5.75 Å². The Balaban J connectivity index is 3.08. The SMILES string of the molecule is CC(C)(C)Oc1ccccc1C(Cl)(Cl)Br. The van der Waals surface area contributed by atoms with Crippen LogP contribution in [-0.4, -0.2) is 5.60 Å². The van der Waals surface area contributed by atoms with E-state index in [0.717, 1.165) is 0 Å². The molecule has 0 amide bonds. The third-order valence-electron chi connectivity index (χ3n) is 1.61. The zero-order valence-corrected chi connectivity index (χ0v) is 11.9. The molecule has 0 aliphatic heterocycles. The zero-order valence-electron chi connectivity index (χ0n) is 8.85. The van der Waals surface area contributed by atoms with E-state index >= 15 is 0 Å². The molecule has 0 unspecified atom stereocenters. The highest BCUT2D eigenvalue weighted by Gasteiger charge is 2.27. The van der Waals surface area contributed by atoms with Crippen LogP contribution in [0.4, 0.5) is 0 Å². The number of benzene rings is 1. The van der Waals surface area contributed by atoms with Crippen LogP contribution in [0.3, 0.4) is 0 Å². The number of ether oxygens (including phenoxy) is 1. The van der Waals surface area contributed by atoms with Crippen LogP contribution in [0.25, 0.3) is 0 Å². The van der Waals surface area contributed by atoms with Crippen LogP contribution in [0.15, 0.2) is 24.3 Å². The van der Waals surface area contributed by atoms with Crippen LogP contribution < -0.4 is 4.74 Å². The first-order valence-corrected chi connectivity index (χ1v) is 6.10. The summed E-state index contributed by atoms with van der Waals surface area (Å²) in [6.45, 7) is 5.92. The Morgan fingerprint density at radius 2 is 1.67 bits per heavy atom. The Hall–Kier alpha value is 0.0800. The second-order valence-corrected chi connectivity index (χ2v) is 7.64. The van der Waals surface area contributed by atoms with Gasteiger partial charge < -0.3 is 4.74 Å². The van der Waals surface area contributed by atoms with Gasteiger partial charge in [-0.15, -0.1) is 0 Å². The first-order chi connectivity index (χ1) is 6.70. The molecule has 0 spiro atoms.